The van der Waals surface area contributed by atoms with Crippen LogP contribution in [0.5, 0.6) is 5.75 Å². The van der Waals surface area contributed by atoms with E-state index in [1.807, 2.05) is 18.2 Å². The normalized spacial score (nSPS) is 21.9. The predicted molar refractivity (Wildman–Crippen MR) is 83.2 cm³/mol. The van der Waals surface area contributed by atoms with Crippen molar-refractivity contribution in [3.05, 3.63) is 28.2 Å². The van der Waals surface area contributed by atoms with Crippen molar-refractivity contribution in [3.8, 4) is 5.75 Å². The Morgan fingerprint density at radius 1 is 1.24 bits per heavy atom. The maximum Gasteiger partial charge on any atom is 0.308 e. The summed E-state index contributed by atoms with van der Waals surface area (Å²) in [6, 6.07) is 5.94. The van der Waals surface area contributed by atoms with Crippen molar-refractivity contribution >= 4 is 21.9 Å². The minimum atomic E-state index is -0.0902. The Kier molecular flexibility index (Phi) is 6.06. The van der Waals surface area contributed by atoms with Gasteiger partial charge in [-0.2, -0.15) is 0 Å². The average molecular weight is 357 g/mol. The van der Waals surface area contributed by atoms with Gasteiger partial charge < -0.3 is 14.2 Å². The number of methoxy groups -OCH3 is 2. The largest absolute Gasteiger partial charge is 0.496 e. The Labute approximate surface area is 133 Å². The summed E-state index contributed by atoms with van der Waals surface area (Å²) in [5.41, 5.74) is 1.11. The van der Waals surface area contributed by atoms with E-state index in [4.69, 9.17) is 14.2 Å². The number of rotatable bonds is 5. The molecular formula is C16H21BrO4. The predicted octanol–water partition coefficient (Wildman–Crippen LogP) is 3.71. The first-order valence-electron chi connectivity index (χ1n) is 7.16. The van der Waals surface area contributed by atoms with Gasteiger partial charge in [0.2, 0.25) is 0 Å². The molecule has 0 unspecified atom stereocenters. The van der Waals surface area contributed by atoms with Crippen molar-refractivity contribution in [3.63, 3.8) is 0 Å². The second-order valence-electron chi connectivity index (χ2n) is 5.28. The monoisotopic (exact) mass is 356 g/mol. The standard InChI is InChI=1S/C16H21BrO4/c1-19-15-8-3-11(9-14(15)17)10-21-13-6-4-12(5-7-13)16(18)20-2/h3,8-9,12-13H,4-7,10H2,1-2H3. The zero-order valence-electron chi connectivity index (χ0n) is 12.4. The maximum absolute atomic E-state index is 11.5. The van der Waals surface area contributed by atoms with Crippen LogP contribution in [0.2, 0.25) is 0 Å². The number of hydrogen-bond donors (Lipinski definition) is 0. The lowest BCUT2D eigenvalue weighted by atomic mass is 9.87. The summed E-state index contributed by atoms with van der Waals surface area (Å²) in [5, 5.41) is 0. The van der Waals surface area contributed by atoms with Crippen LogP contribution in [0.1, 0.15) is 31.2 Å². The molecule has 0 radical (unpaired) electrons. The van der Waals surface area contributed by atoms with Gasteiger partial charge in [0.05, 0.1) is 37.3 Å². The SMILES string of the molecule is COC(=O)C1CCC(OCc2ccc(OC)c(Br)c2)CC1. The summed E-state index contributed by atoms with van der Waals surface area (Å²) in [6.07, 6.45) is 3.76. The molecule has 2 rings (SSSR count). The number of benzene rings is 1. The zero-order valence-corrected chi connectivity index (χ0v) is 14.0. The van der Waals surface area contributed by atoms with Gasteiger partial charge in [-0.3, -0.25) is 4.79 Å². The lowest BCUT2D eigenvalue weighted by Gasteiger charge is -2.27. The third-order valence-corrected chi connectivity index (χ3v) is 4.53. The number of halogens is 1. The lowest BCUT2D eigenvalue weighted by molar-refractivity contribution is -0.147. The maximum atomic E-state index is 11.5. The molecule has 1 aromatic carbocycles. The van der Waals surface area contributed by atoms with Gasteiger partial charge in [0.25, 0.3) is 0 Å². The van der Waals surface area contributed by atoms with Gasteiger partial charge in [0, 0.05) is 0 Å². The molecule has 4 nitrogen and oxygen atoms in total. The van der Waals surface area contributed by atoms with Crippen LogP contribution in [0.25, 0.3) is 0 Å². The molecule has 0 aromatic heterocycles. The molecule has 0 spiro atoms. The van der Waals surface area contributed by atoms with Crippen LogP contribution in [0.3, 0.4) is 0 Å². The quantitative estimate of drug-likeness (QED) is 0.754. The Morgan fingerprint density at radius 2 is 1.95 bits per heavy atom. The van der Waals surface area contributed by atoms with Gasteiger partial charge >= 0.3 is 5.97 Å². The molecule has 1 fully saturated rings. The molecule has 21 heavy (non-hydrogen) atoms. The van der Waals surface area contributed by atoms with Gasteiger partial charge in [0.15, 0.2) is 0 Å². The van der Waals surface area contributed by atoms with Crippen LogP contribution in [0, 0.1) is 5.92 Å². The van der Waals surface area contributed by atoms with E-state index in [9.17, 15) is 4.79 Å². The van der Waals surface area contributed by atoms with Crippen molar-refractivity contribution < 1.29 is 19.0 Å². The summed E-state index contributed by atoms with van der Waals surface area (Å²) in [5.74, 6) is 0.773. The highest BCUT2D eigenvalue weighted by Gasteiger charge is 2.27. The van der Waals surface area contributed by atoms with Crippen LogP contribution in [-0.2, 0) is 20.9 Å². The van der Waals surface area contributed by atoms with E-state index in [0.717, 1.165) is 41.5 Å². The van der Waals surface area contributed by atoms with Crippen LogP contribution >= 0.6 is 15.9 Å². The Bertz CT molecular complexity index is 481. The van der Waals surface area contributed by atoms with Crippen molar-refractivity contribution in [1.82, 2.24) is 0 Å². The fourth-order valence-electron chi connectivity index (χ4n) is 2.65. The molecule has 1 aromatic rings. The Morgan fingerprint density at radius 3 is 2.52 bits per heavy atom. The van der Waals surface area contributed by atoms with Crippen LogP contribution < -0.4 is 4.74 Å². The van der Waals surface area contributed by atoms with E-state index >= 15 is 0 Å². The number of carbonyl (C=O) groups excluding carboxylic acids is 1. The van der Waals surface area contributed by atoms with E-state index in [2.05, 4.69) is 15.9 Å². The molecule has 0 aliphatic heterocycles. The third kappa shape index (κ3) is 4.45. The van der Waals surface area contributed by atoms with E-state index in [1.165, 1.54) is 7.11 Å². The number of esters is 1. The van der Waals surface area contributed by atoms with Crippen LogP contribution in [-0.4, -0.2) is 26.3 Å². The van der Waals surface area contributed by atoms with Crippen molar-refractivity contribution in [1.29, 1.82) is 0 Å². The molecule has 5 heteroatoms. The van der Waals surface area contributed by atoms with Gasteiger partial charge in [-0.1, -0.05) is 6.07 Å². The molecule has 0 saturated heterocycles. The van der Waals surface area contributed by atoms with Crippen LogP contribution in [0.15, 0.2) is 22.7 Å². The van der Waals surface area contributed by atoms with E-state index < -0.39 is 0 Å². The first-order valence-corrected chi connectivity index (χ1v) is 7.95. The van der Waals surface area contributed by atoms with Crippen LogP contribution in [0.4, 0.5) is 0 Å². The molecule has 1 saturated carbocycles. The topological polar surface area (TPSA) is 44.8 Å². The minimum Gasteiger partial charge on any atom is -0.496 e. The van der Waals surface area contributed by atoms with E-state index in [1.54, 1.807) is 7.11 Å². The third-order valence-electron chi connectivity index (χ3n) is 3.91. The second kappa shape index (κ2) is 7.80. The summed E-state index contributed by atoms with van der Waals surface area (Å²) < 4.78 is 16.9. The number of carbonyl (C=O) groups is 1. The van der Waals surface area contributed by atoms with Gasteiger partial charge in [-0.25, -0.2) is 0 Å². The highest BCUT2D eigenvalue weighted by Crippen LogP contribution is 2.29. The number of ether oxygens (including phenoxy) is 3. The van der Waals surface area contributed by atoms with Crippen molar-refractivity contribution in [2.45, 2.75) is 38.4 Å². The first kappa shape index (κ1) is 16.3. The Balaban J connectivity index is 1.79. The Hall–Kier alpha value is -1.07. The average Bonchev–Trinajstić information content (AvgIpc) is 2.52. The molecule has 1 aliphatic carbocycles. The highest BCUT2D eigenvalue weighted by atomic mass is 79.9. The molecule has 0 N–H and O–H groups in total. The second-order valence-corrected chi connectivity index (χ2v) is 6.13. The molecule has 0 bridgehead atoms. The lowest BCUT2D eigenvalue weighted by Crippen LogP contribution is -2.26. The van der Waals surface area contributed by atoms with Gasteiger partial charge in [-0.05, 0) is 59.3 Å². The van der Waals surface area contributed by atoms with Gasteiger partial charge in [0.1, 0.15) is 5.75 Å². The minimum absolute atomic E-state index is 0.0463. The van der Waals surface area contributed by atoms with Gasteiger partial charge in [-0.15, -0.1) is 0 Å². The fourth-order valence-corrected chi connectivity index (χ4v) is 3.23. The summed E-state index contributed by atoms with van der Waals surface area (Å²) in [4.78, 5) is 11.5. The molecule has 0 atom stereocenters. The summed E-state index contributed by atoms with van der Waals surface area (Å²) in [6.45, 7) is 0.580. The highest BCUT2D eigenvalue weighted by molar-refractivity contribution is 9.10. The fraction of sp³-hybridized carbons (Fsp3) is 0.562. The molecule has 0 amide bonds. The molecule has 1 aliphatic rings. The van der Waals surface area contributed by atoms with Crippen molar-refractivity contribution in [2.75, 3.05) is 14.2 Å². The summed E-state index contributed by atoms with van der Waals surface area (Å²) in [7, 11) is 3.10. The zero-order chi connectivity index (χ0) is 15.2. The molecule has 0 heterocycles. The smallest absolute Gasteiger partial charge is 0.308 e. The van der Waals surface area contributed by atoms with E-state index in [0.29, 0.717) is 6.61 Å². The molecule has 116 valence electrons. The molecular weight excluding hydrogens is 336 g/mol. The van der Waals surface area contributed by atoms with Crippen molar-refractivity contribution in [2.24, 2.45) is 5.92 Å². The first-order chi connectivity index (χ1) is 10.1. The summed E-state index contributed by atoms with van der Waals surface area (Å²) >= 11 is 3.47. The van der Waals surface area contributed by atoms with E-state index in [-0.39, 0.29) is 18.0 Å². The number of hydrogen-bond acceptors (Lipinski definition) is 4.